The molecule has 0 spiro atoms. The maximum Gasteiger partial charge on any atom is 0.194 e. The second kappa shape index (κ2) is 6.33. The van der Waals surface area contributed by atoms with E-state index < -0.39 is 5.60 Å². The SMILES string of the molecule is CCOC1(C(=O)c2ccccc2C)CCCCCC1. The van der Waals surface area contributed by atoms with Gasteiger partial charge in [0.15, 0.2) is 5.78 Å². The third-order valence-electron chi connectivity index (χ3n) is 4.14. The van der Waals surface area contributed by atoms with Crippen LogP contribution in [-0.4, -0.2) is 18.0 Å². The molecule has 1 saturated carbocycles. The van der Waals surface area contributed by atoms with E-state index in [1.165, 1.54) is 12.8 Å². The van der Waals surface area contributed by atoms with Gasteiger partial charge in [0.25, 0.3) is 0 Å². The second-order valence-electron chi connectivity index (χ2n) is 5.49. The van der Waals surface area contributed by atoms with Gasteiger partial charge < -0.3 is 4.74 Å². The average molecular weight is 260 g/mol. The first-order valence-electron chi connectivity index (χ1n) is 7.44. The van der Waals surface area contributed by atoms with E-state index >= 15 is 0 Å². The van der Waals surface area contributed by atoms with Crippen LogP contribution in [0.15, 0.2) is 24.3 Å². The summed E-state index contributed by atoms with van der Waals surface area (Å²) in [5.74, 6) is 0.189. The van der Waals surface area contributed by atoms with Crippen LogP contribution in [0.5, 0.6) is 0 Å². The quantitative estimate of drug-likeness (QED) is 0.595. The highest BCUT2D eigenvalue weighted by molar-refractivity contribution is 6.03. The molecular formula is C17H24O2. The Morgan fingerprint density at radius 3 is 2.37 bits per heavy atom. The van der Waals surface area contributed by atoms with Gasteiger partial charge in [0.2, 0.25) is 0 Å². The first kappa shape index (κ1) is 14.3. The standard InChI is InChI=1S/C17H24O2/c1-3-19-17(12-8-4-5-9-13-17)16(18)15-11-7-6-10-14(15)2/h6-7,10-11H,3-5,8-9,12-13H2,1-2H3. The van der Waals surface area contributed by atoms with Crippen molar-refractivity contribution in [3.8, 4) is 0 Å². The third-order valence-corrected chi connectivity index (χ3v) is 4.14. The number of carbonyl (C=O) groups excluding carboxylic acids is 1. The zero-order chi connectivity index (χ0) is 13.7. The monoisotopic (exact) mass is 260 g/mol. The van der Waals surface area contributed by atoms with Crippen LogP contribution in [0.1, 0.15) is 61.4 Å². The Kier molecular flexibility index (Phi) is 4.76. The molecule has 0 aliphatic heterocycles. The zero-order valence-electron chi connectivity index (χ0n) is 12.1. The van der Waals surface area contributed by atoms with Crippen LogP contribution in [0.3, 0.4) is 0 Å². The van der Waals surface area contributed by atoms with E-state index in [1.54, 1.807) is 0 Å². The van der Waals surface area contributed by atoms with Crippen molar-refractivity contribution in [2.45, 2.75) is 58.0 Å². The molecule has 2 rings (SSSR count). The van der Waals surface area contributed by atoms with Crippen molar-refractivity contribution >= 4 is 5.78 Å². The molecule has 1 aliphatic rings. The summed E-state index contributed by atoms with van der Waals surface area (Å²) in [7, 11) is 0. The molecular weight excluding hydrogens is 236 g/mol. The van der Waals surface area contributed by atoms with Crippen LogP contribution in [0.2, 0.25) is 0 Å². The van der Waals surface area contributed by atoms with Gasteiger partial charge in [-0.25, -0.2) is 0 Å². The predicted molar refractivity (Wildman–Crippen MR) is 77.6 cm³/mol. The normalized spacial score (nSPS) is 18.8. The Morgan fingerprint density at radius 1 is 1.16 bits per heavy atom. The van der Waals surface area contributed by atoms with E-state index in [-0.39, 0.29) is 5.78 Å². The molecule has 0 atom stereocenters. The van der Waals surface area contributed by atoms with Gasteiger partial charge in [0, 0.05) is 12.2 Å². The van der Waals surface area contributed by atoms with Gasteiger partial charge in [-0.15, -0.1) is 0 Å². The lowest BCUT2D eigenvalue weighted by Crippen LogP contribution is -2.41. The van der Waals surface area contributed by atoms with Gasteiger partial charge in [-0.05, 0) is 32.3 Å². The zero-order valence-corrected chi connectivity index (χ0v) is 12.1. The smallest absolute Gasteiger partial charge is 0.194 e. The maximum atomic E-state index is 13.0. The Labute approximate surface area is 116 Å². The molecule has 0 bridgehead atoms. The molecule has 1 aromatic rings. The van der Waals surface area contributed by atoms with E-state index in [4.69, 9.17) is 4.74 Å². The summed E-state index contributed by atoms with van der Waals surface area (Å²) in [6.45, 7) is 4.60. The molecule has 0 heterocycles. The lowest BCUT2D eigenvalue weighted by Gasteiger charge is -2.31. The van der Waals surface area contributed by atoms with Crippen LogP contribution in [-0.2, 0) is 4.74 Å². The molecule has 104 valence electrons. The lowest BCUT2D eigenvalue weighted by molar-refractivity contribution is -0.0292. The molecule has 0 aromatic heterocycles. The maximum absolute atomic E-state index is 13.0. The van der Waals surface area contributed by atoms with Gasteiger partial charge in [0.1, 0.15) is 5.60 Å². The molecule has 19 heavy (non-hydrogen) atoms. The summed E-state index contributed by atoms with van der Waals surface area (Å²) in [5.41, 5.74) is 1.31. The van der Waals surface area contributed by atoms with Crippen molar-refractivity contribution in [1.29, 1.82) is 0 Å². The number of hydrogen-bond donors (Lipinski definition) is 0. The topological polar surface area (TPSA) is 26.3 Å². The highest BCUT2D eigenvalue weighted by atomic mass is 16.5. The molecule has 2 nitrogen and oxygen atoms in total. The number of aryl methyl sites for hydroxylation is 1. The molecule has 1 aliphatic carbocycles. The summed E-state index contributed by atoms with van der Waals surface area (Å²) in [6, 6.07) is 7.86. The summed E-state index contributed by atoms with van der Waals surface area (Å²) < 4.78 is 5.97. The van der Waals surface area contributed by atoms with Gasteiger partial charge in [-0.2, -0.15) is 0 Å². The summed E-state index contributed by atoms with van der Waals surface area (Å²) >= 11 is 0. The van der Waals surface area contributed by atoms with Crippen LogP contribution in [0.25, 0.3) is 0 Å². The molecule has 0 N–H and O–H groups in total. The molecule has 0 saturated heterocycles. The fourth-order valence-corrected chi connectivity index (χ4v) is 3.09. The molecule has 2 heteroatoms. The summed E-state index contributed by atoms with van der Waals surface area (Å²) in [5, 5.41) is 0. The van der Waals surface area contributed by atoms with Crippen molar-refractivity contribution in [2.24, 2.45) is 0 Å². The molecule has 1 fully saturated rings. The van der Waals surface area contributed by atoms with Gasteiger partial charge in [0.05, 0.1) is 0 Å². The van der Waals surface area contributed by atoms with E-state index in [2.05, 4.69) is 0 Å². The van der Waals surface area contributed by atoms with E-state index in [1.807, 2.05) is 38.1 Å². The van der Waals surface area contributed by atoms with Crippen molar-refractivity contribution < 1.29 is 9.53 Å². The number of carbonyl (C=O) groups is 1. The Morgan fingerprint density at radius 2 is 1.79 bits per heavy atom. The van der Waals surface area contributed by atoms with Gasteiger partial charge in [-0.1, -0.05) is 49.9 Å². The van der Waals surface area contributed by atoms with E-state index in [0.29, 0.717) is 6.61 Å². The third kappa shape index (κ3) is 3.06. The predicted octanol–water partition coefficient (Wildman–Crippen LogP) is 4.31. The number of hydrogen-bond acceptors (Lipinski definition) is 2. The molecule has 0 amide bonds. The van der Waals surface area contributed by atoms with Crippen LogP contribution >= 0.6 is 0 Å². The second-order valence-corrected chi connectivity index (χ2v) is 5.49. The average Bonchev–Trinajstić information content (AvgIpc) is 2.66. The molecule has 0 unspecified atom stereocenters. The number of Topliss-reactive ketones (excluding diaryl/α,β-unsaturated/α-hetero) is 1. The first-order chi connectivity index (χ1) is 9.19. The minimum Gasteiger partial charge on any atom is -0.367 e. The minimum atomic E-state index is -0.572. The van der Waals surface area contributed by atoms with Crippen LogP contribution < -0.4 is 0 Å². The Bertz CT molecular complexity index is 429. The van der Waals surface area contributed by atoms with Gasteiger partial charge in [-0.3, -0.25) is 4.79 Å². The highest BCUT2D eigenvalue weighted by Gasteiger charge is 2.40. The fourth-order valence-electron chi connectivity index (χ4n) is 3.09. The Hall–Kier alpha value is -1.15. The largest absolute Gasteiger partial charge is 0.367 e. The first-order valence-corrected chi connectivity index (χ1v) is 7.44. The summed E-state index contributed by atoms with van der Waals surface area (Å²) in [4.78, 5) is 13.0. The molecule has 0 radical (unpaired) electrons. The van der Waals surface area contributed by atoms with E-state index in [0.717, 1.165) is 36.8 Å². The van der Waals surface area contributed by atoms with Crippen LogP contribution in [0.4, 0.5) is 0 Å². The number of benzene rings is 1. The number of rotatable bonds is 4. The number of ketones is 1. The number of ether oxygens (including phenoxy) is 1. The van der Waals surface area contributed by atoms with Crippen LogP contribution in [0, 0.1) is 6.92 Å². The van der Waals surface area contributed by atoms with Crippen molar-refractivity contribution in [3.05, 3.63) is 35.4 Å². The lowest BCUT2D eigenvalue weighted by atomic mass is 9.84. The molecule has 1 aromatic carbocycles. The highest BCUT2D eigenvalue weighted by Crippen LogP contribution is 2.34. The Balaban J connectivity index is 2.32. The van der Waals surface area contributed by atoms with Gasteiger partial charge >= 0.3 is 0 Å². The van der Waals surface area contributed by atoms with E-state index in [9.17, 15) is 4.79 Å². The minimum absolute atomic E-state index is 0.189. The summed E-state index contributed by atoms with van der Waals surface area (Å²) in [6.07, 6.45) is 6.36. The fraction of sp³-hybridized carbons (Fsp3) is 0.588. The van der Waals surface area contributed by atoms with Crippen molar-refractivity contribution in [1.82, 2.24) is 0 Å². The van der Waals surface area contributed by atoms with Crippen molar-refractivity contribution in [3.63, 3.8) is 0 Å². The van der Waals surface area contributed by atoms with Crippen molar-refractivity contribution in [2.75, 3.05) is 6.61 Å².